The van der Waals surface area contributed by atoms with Crippen LogP contribution in [0.1, 0.15) is 28.8 Å². The lowest BCUT2D eigenvalue weighted by Gasteiger charge is -2.13. The number of para-hydroxylation sites is 1. The minimum Gasteiger partial charge on any atom is -0.465 e. The predicted molar refractivity (Wildman–Crippen MR) is 116 cm³/mol. The molecule has 1 heterocycles. The van der Waals surface area contributed by atoms with Gasteiger partial charge in [-0.3, -0.25) is 14.9 Å². The Balaban J connectivity index is 1.52. The van der Waals surface area contributed by atoms with Crippen molar-refractivity contribution >= 4 is 61.9 Å². The lowest BCUT2D eigenvalue weighted by molar-refractivity contribution is -0.119. The Morgan fingerprint density at radius 3 is 2.60 bits per heavy atom. The standard InChI is InChI=1S/C20H17ClN4O4S/c1-10-3-2-4-12(21)15(10)23-16(26)11-5-6-13-14(9-11)30-18(22-13)24-17(27)20(7-8-20)25-19(28)29/h2-6,9,25H,7-8H2,1H3,(H,23,26)(H,28,29)(H,22,24,27). The number of aromatic nitrogens is 1. The van der Waals surface area contributed by atoms with Crippen LogP contribution < -0.4 is 16.0 Å². The molecule has 0 unspecified atom stereocenters. The Labute approximate surface area is 180 Å². The summed E-state index contributed by atoms with van der Waals surface area (Å²) in [6.07, 6.45) is -0.347. The minimum absolute atomic E-state index is 0.310. The van der Waals surface area contributed by atoms with E-state index in [0.717, 1.165) is 5.56 Å². The van der Waals surface area contributed by atoms with E-state index in [4.69, 9.17) is 16.7 Å². The van der Waals surface area contributed by atoms with Crippen LogP contribution in [0.15, 0.2) is 36.4 Å². The van der Waals surface area contributed by atoms with Crippen molar-refractivity contribution in [1.29, 1.82) is 0 Å². The topological polar surface area (TPSA) is 120 Å². The highest BCUT2D eigenvalue weighted by molar-refractivity contribution is 7.22. The number of halogens is 1. The van der Waals surface area contributed by atoms with Gasteiger partial charge < -0.3 is 15.7 Å². The summed E-state index contributed by atoms with van der Waals surface area (Å²) in [5.41, 5.74) is 1.37. The summed E-state index contributed by atoms with van der Waals surface area (Å²) in [6, 6.07) is 10.4. The molecule has 1 fully saturated rings. The number of fused-ring (bicyclic) bond motifs is 1. The first-order chi connectivity index (χ1) is 14.3. The quantitative estimate of drug-likeness (QED) is 0.469. The summed E-state index contributed by atoms with van der Waals surface area (Å²) in [5, 5.41) is 17.4. The monoisotopic (exact) mass is 444 g/mol. The molecule has 1 saturated carbocycles. The number of amides is 3. The van der Waals surface area contributed by atoms with E-state index < -0.39 is 17.5 Å². The maximum atomic E-state index is 12.7. The number of carbonyl (C=O) groups is 3. The average molecular weight is 445 g/mol. The number of anilines is 2. The fraction of sp³-hybridized carbons (Fsp3) is 0.200. The second-order valence-corrected chi connectivity index (χ2v) is 8.49. The van der Waals surface area contributed by atoms with Crippen LogP contribution in [-0.4, -0.2) is 33.5 Å². The van der Waals surface area contributed by atoms with Gasteiger partial charge in [-0.2, -0.15) is 0 Å². The maximum absolute atomic E-state index is 12.7. The molecule has 0 bridgehead atoms. The summed E-state index contributed by atoms with van der Waals surface area (Å²) >= 11 is 7.38. The van der Waals surface area contributed by atoms with E-state index in [1.54, 1.807) is 24.3 Å². The van der Waals surface area contributed by atoms with Crippen molar-refractivity contribution in [2.45, 2.75) is 25.3 Å². The number of benzene rings is 2. The predicted octanol–water partition coefficient (Wildman–Crippen LogP) is 4.25. The fourth-order valence-corrected chi connectivity index (χ4v) is 4.22. The molecule has 3 amide bonds. The number of carboxylic acid groups (broad SMARTS) is 1. The lowest BCUT2D eigenvalue weighted by atomic mass is 10.1. The largest absolute Gasteiger partial charge is 0.465 e. The lowest BCUT2D eigenvalue weighted by Crippen LogP contribution is -2.45. The first kappa shape index (κ1) is 20.1. The van der Waals surface area contributed by atoms with Gasteiger partial charge in [0.1, 0.15) is 5.54 Å². The van der Waals surface area contributed by atoms with Crippen LogP contribution in [0.3, 0.4) is 0 Å². The average Bonchev–Trinajstić information content (AvgIpc) is 3.34. The Morgan fingerprint density at radius 1 is 1.17 bits per heavy atom. The molecular weight excluding hydrogens is 428 g/mol. The zero-order valence-electron chi connectivity index (χ0n) is 15.8. The Bertz CT molecular complexity index is 1170. The summed E-state index contributed by atoms with van der Waals surface area (Å²) in [4.78, 5) is 40.3. The SMILES string of the molecule is Cc1cccc(Cl)c1NC(=O)c1ccc2nc(NC(=O)C3(NC(=O)O)CC3)sc2c1. The van der Waals surface area contributed by atoms with Crippen molar-refractivity contribution in [3.63, 3.8) is 0 Å². The zero-order chi connectivity index (χ0) is 21.5. The molecule has 0 atom stereocenters. The van der Waals surface area contributed by atoms with Crippen LogP contribution in [0.25, 0.3) is 10.2 Å². The molecule has 8 nitrogen and oxygen atoms in total. The highest BCUT2D eigenvalue weighted by Gasteiger charge is 2.51. The molecule has 1 aliphatic rings. The van der Waals surface area contributed by atoms with Crippen LogP contribution in [0.5, 0.6) is 0 Å². The van der Waals surface area contributed by atoms with Gasteiger partial charge in [0.05, 0.1) is 20.9 Å². The fourth-order valence-electron chi connectivity index (χ4n) is 3.05. The van der Waals surface area contributed by atoms with E-state index >= 15 is 0 Å². The molecule has 154 valence electrons. The highest BCUT2D eigenvalue weighted by Crippen LogP contribution is 2.37. The molecule has 0 saturated heterocycles. The number of hydrogen-bond acceptors (Lipinski definition) is 5. The molecule has 1 aliphatic carbocycles. The van der Waals surface area contributed by atoms with Crippen LogP contribution >= 0.6 is 22.9 Å². The summed E-state index contributed by atoms with van der Waals surface area (Å²) < 4.78 is 0.713. The number of thiazole rings is 1. The van der Waals surface area contributed by atoms with Crippen LogP contribution in [-0.2, 0) is 4.79 Å². The molecule has 3 aromatic rings. The van der Waals surface area contributed by atoms with E-state index in [0.29, 0.717) is 44.5 Å². The van der Waals surface area contributed by atoms with E-state index in [1.165, 1.54) is 11.3 Å². The third-order valence-corrected chi connectivity index (χ3v) is 6.11. The van der Waals surface area contributed by atoms with Crippen molar-refractivity contribution in [3.05, 3.63) is 52.5 Å². The van der Waals surface area contributed by atoms with Gasteiger partial charge in [-0.25, -0.2) is 9.78 Å². The first-order valence-electron chi connectivity index (χ1n) is 9.07. The highest BCUT2D eigenvalue weighted by atomic mass is 35.5. The van der Waals surface area contributed by atoms with Crippen LogP contribution in [0.4, 0.5) is 15.6 Å². The van der Waals surface area contributed by atoms with Gasteiger partial charge in [0.15, 0.2) is 5.13 Å². The number of nitrogens with zero attached hydrogens (tertiary/aromatic N) is 1. The molecule has 4 rings (SSSR count). The molecule has 10 heteroatoms. The molecule has 2 aromatic carbocycles. The van der Waals surface area contributed by atoms with Crippen molar-refractivity contribution < 1.29 is 19.5 Å². The van der Waals surface area contributed by atoms with Gasteiger partial charge >= 0.3 is 6.09 Å². The zero-order valence-corrected chi connectivity index (χ0v) is 17.4. The van der Waals surface area contributed by atoms with E-state index in [1.807, 2.05) is 19.1 Å². The number of nitrogens with one attached hydrogen (secondary N) is 3. The van der Waals surface area contributed by atoms with Gasteiger partial charge in [-0.1, -0.05) is 35.1 Å². The molecular formula is C20H17ClN4O4S. The van der Waals surface area contributed by atoms with Gasteiger partial charge in [-0.15, -0.1) is 0 Å². The number of carbonyl (C=O) groups excluding carboxylic acids is 2. The second kappa shape index (κ2) is 7.58. The molecule has 30 heavy (non-hydrogen) atoms. The normalized spacial score (nSPS) is 14.2. The van der Waals surface area contributed by atoms with E-state index in [-0.39, 0.29) is 5.91 Å². The van der Waals surface area contributed by atoms with Gasteiger partial charge in [-0.05, 0) is 49.6 Å². The molecule has 0 aliphatic heterocycles. The smallest absolute Gasteiger partial charge is 0.405 e. The number of hydrogen-bond donors (Lipinski definition) is 4. The summed E-state index contributed by atoms with van der Waals surface area (Å²) in [5.74, 6) is -0.745. The molecule has 0 spiro atoms. The van der Waals surface area contributed by atoms with E-state index in [2.05, 4.69) is 20.9 Å². The summed E-state index contributed by atoms with van der Waals surface area (Å²) in [7, 11) is 0. The maximum Gasteiger partial charge on any atom is 0.405 e. The van der Waals surface area contributed by atoms with Crippen molar-refractivity contribution in [2.24, 2.45) is 0 Å². The Kier molecular flexibility index (Phi) is 5.08. The first-order valence-corrected chi connectivity index (χ1v) is 10.3. The Morgan fingerprint density at radius 2 is 1.93 bits per heavy atom. The molecule has 1 aromatic heterocycles. The molecule has 0 radical (unpaired) electrons. The van der Waals surface area contributed by atoms with Crippen molar-refractivity contribution in [3.8, 4) is 0 Å². The third-order valence-electron chi connectivity index (χ3n) is 4.86. The number of aryl methyl sites for hydroxylation is 1. The van der Waals surface area contributed by atoms with E-state index in [9.17, 15) is 14.4 Å². The minimum atomic E-state index is -1.24. The van der Waals surface area contributed by atoms with Gasteiger partial charge in [0.25, 0.3) is 11.8 Å². The number of rotatable bonds is 5. The third kappa shape index (κ3) is 3.94. The van der Waals surface area contributed by atoms with Crippen molar-refractivity contribution in [1.82, 2.24) is 10.3 Å². The molecule has 4 N–H and O–H groups in total. The second-order valence-electron chi connectivity index (χ2n) is 7.05. The van der Waals surface area contributed by atoms with Gasteiger partial charge in [0, 0.05) is 5.56 Å². The van der Waals surface area contributed by atoms with Crippen LogP contribution in [0.2, 0.25) is 5.02 Å². The summed E-state index contributed by atoms with van der Waals surface area (Å²) in [6.45, 7) is 1.86. The van der Waals surface area contributed by atoms with Gasteiger partial charge in [0.2, 0.25) is 0 Å². The van der Waals surface area contributed by atoms with Crippen LogP contribution in [0, 0.1) is 6.92 Å². The Hall–Kier alpha value is -3.17. The van der Waals surface area contributed by atoms with Crippen molar-refractivity contribution in [2.75, 3.05) is 10.6 Å².